The molecule has 0 amide bonds. The van der Waals surface area contributed by atoms with Gasteiger partial charge in [0.15, 0.2) is 0 Å². The Hall–Kier alpha value is -2.55. The number of pyridine rings is 1. The summed E-state index contributed by atoms with van der Waals surface area (Å²) in [6.45, 7) is 1.11. The van der Waals surface area contributed by atoms with E-state index in [1.54, 1.807) is 17.0 Å². The summed E-state index contributed by atoms with van der Waals surface area (Å²) in [6, 6.07) is 7.76. The molecule has 0 fully saturated rings. The number of fused-ring (bicyclic) bond motifs is 2. The Morgan fingerprint density at radius 2 is 2.04 bits per heavy atom. The highest BCUT2D eigenvalue weighted by Gasteiger charge is 2.27. The van der Waals surface area contributed by atoms with Gasteiger partial charge >= 0.3 is 0 Å². The molecule has 0 atom stereocenters. The van der Waals surface area contributed by atoms with Gasteiger partial charge in [-0.15, -0.1) is 0 Å². The number of sulfonamides is 1. The van der Waals surface area contributed by atoms with Crippen molar-refractivity contribution in [2.24, 2.45) is 5.73 Å². The predicted octanol–water partition coefficient (Wildman–Crippen LogP) is 1.54. The lowest BCUT2D eigenvalue weighted by Crippen LogP contribution is -2.36. The molecule has 7 nitrogen and oxygen atoms in total. The largest absolute Gasteiger partial charge is 0.330 e. The molecule has 0 aliphatic carbocycles. The normalized spacial score (nSPS) is 14.9. The van der Waals surface area contributed by atoms with Crippen LogP contribution in [0.2, 0.25) is 0 Å². The second-order valence-electron chi connectivity index (χ2n) is 7.06. The quantitative estimate of drug-likeness (QED) is 0.719. The monoisotopic (exact) mass is 398 g/mol. The molecular weight excluding hydrogens is 376 g/mol. The van der Waals surface area contributed by atoms with Crippen LogP contribution in [0.15, 0.2) is 42.9 Å². The summed E-state index contributed by atoms with van der Waals surface area (Å²) in [4.78, 5) is 17.6. The lowest BCUT2D eigenvalue weighted by Gasteiger charge is -2.27. The van der Waals surface area contributed by atoms with E-state index in [-0.39, 0.29) is 12.5 Å². The van der Waals surface area contributed by atoms with E-state index >= 15 is 0 Å². The number of benzene rings is 1. The molecule has 8 heteroatoms. The first-order valence-corrected chi connectivity index (χ1v) is 11.0. The van der Waals surface area contributed by atoms with Crippen LogP contribution in [0.5, 0.6) is 0 Å². The van der Waals surface area contributed by atoms with E-state index in [2.05, 4.69) is 4.98 Å². The van der Waals surface area contributed by atoms with Gasteiger partial charge in [-0.05, 0) is 42.1 Å². The van der Waals surface area contributed by atoms with E-state index < -0.39 is 10.0 Å². The highest BCUT2D eigenvalue weighted by Crippen LogP contribution is 2.27. The zero-order chi connectivity index (χ0) is 19.9. The average Bonchev–Trinajstić information content (AvgIpc) is 3.05. The molecule has 146 valence electrons. The van der Waals surface area contributed by atoms with Crippen molar-refractivity contribution >= 4 is 26.8 Å². The molecule has 2 N–H and O–H groups in total. The predicted molar refractivity (Wildman–Crippen MR) is 108 cm³/mol. The van der Waals surface area contributed by atoms with E-state index in [0.717, 1.165) is 27.6 Å². The second-order valence-corrected chi connectivity index (χ2v) is 9.04. The molecule has 2 aromatic heterocycles. The second kappa shape index (κ2) is 7.12. The Bertz CT molecular complexity index is 1170. The average molecular weight is 398 g/mol. The fraction of sp³-hybridized carbons (Fsp3) is 0.300. The first kappa shape index (κ1) is 18.8. The Morgan fingerprint density at radius 1 is 1.25 bits per heavy atom. The summed E-state index contributed by atoms with van der Waals surface area (Å²) < 4.78 is 26.8. The van der Waals surface area contributed by atoms with Crippen LogP contribution < -0.4 is 5.73 Å². The van der Waals surface area contributed by atoms with Gasteiger partial charge in [-0.25, -0.2) is 8.42 Å². The molecule has 0 bridgehead atoms. The molecule has 0 saturated carbocycles. The molecule has 1 aromatic carbocycles. The standard InChI is InChI=1S/C20H22N4O3S/c1-28(26,27)23-9-7-16-15(12-23)10-22-11-18(16)20(25)24-13-14(6-8-21)17-4-2-3-5-19(17)24/h2-5,10-11,13H,6-9,12,21H2,1H3. The van der Waals surface area contributed by atoms with Crippen LogP contribution in [0.1, 0.15) is 27.0 Å². The van der Waals surface area contributed by atoms with Crippen LogP contribution in [0.3, 0.4) is 0 Å². The number of carbonyl (C=O) groups is 1. The molecular formula is C20H22N4O3S. The van der Waals surface area contributed by atoms with Gasteiger partial charge in [0.2, 0.25) is 10.0 Å². The minimum absolute atomic E-state index is 0.156. The van der Waals surface area contributed by atoms with Crippen LogP contribution >= 0.6 is 0 Å². The number of carbonyl (C=O) groups excluding carboxylic acids is 1. The van der Waals surface area contributed by atoms with Crippen LogP contribution in [0.4, 0.5) is 0 Å². The first-order chi connectivity index (χ1) is 13.4. The van der Waals surface area contributed by atoms with E-state index in [9.17, 15) is 13.2 Å². The molecule has 1 aliphatic rings. The van der Waals surface area contributed by atoms with Crippen molar-refractivity contribution in [3.05, 3.63) is 65.1 Å². The highest BCUT2D eigenvalue weighted by atomic mass is 32.2. The molecule has 0 radical (unpaired) electrons. The summed E-state index contributed by atoms with van der Waals surface area (Å²) in [5.74, 6) is -0.156. The Morgan fingerprint density at radius 3 is 2.79 bits per heavy atom. The van der Waals surface area contributed by atoms with E-state index in [1.165, 1.54) is 10.6 Å². The Balaban J connectivity index is 1.78. The summed E-state index contributed by atoms with van der Waals surface area (Å²) >= 11 is 0. The number of nitrogens with two attached hydrogens (primary N) is 1. The Kier molecular flexibility index (Phi) is 4.78. The number of hydrogen-bond donors (Lipinski definition) is 1. The van der Waals surface area contributed by atoms with Crippen molar-refractivity contribution in [1.29, 1.82) is 0 Å². The summed E-state index contributed by atoms with van der Waals surface area (Å²) in [7, 11) is -3.28. The topological polar surface area (TPSA) is 98.3 Å². The van der Waals surface area contributed by atoms with Crippen LogP contribution in [0, 0.1) is 0 Å². The van der Waals surface area contributed by atoms with Crippen molar-refractivity contribution in [1.82, 2.24) is 13.9 Å². The van der Waals surface area contributed by atoms with E-state index in [1.807, 2.05) is 30.5 Å². The minimum Gasteiger partial charge on any atom is -0.330 e. The maximum atomic E-state index is 13.4. The molecule has 3 aromatic rings. The van der Waals surface area contributed by atoms with Gasteiger partial charge in [-0.2, -0.15) is 4.31 Å². The number of nitrogens with zero attached hydrogens (tertiary/aromatic N) is 3. The summed E-state index contributed by atoms with van der Waals surface area (Å²) in [5, 5.41) is 1.02. The molecule has 4 rings (SSSR count). The SMILES string of the molecule is CS(=O)(=O)N1CCc2c(cncc2C(=O)n2cc(CCN)c3ccccc32)C1. The van der Waals surface area contributed by atoms with Gasteiger partial charge < -0.3 is 5.73 Å². The van der Waals surface area contributed by atoms with Crippen molar-refractivity contribution in [2.45, 2.75) is 19.4 Å². The number of aromatic nitrogens is 2. The molecule has 0 unspecified atom stereocenters. The molecule has 28 heavy (non-hydrogen) atoms. The van der Waals surface area contributed by atoms with Crippen LogP contribution in [-0.4, -0.2) is 47.5 Å². The zero-order valence-electron chi connectivity index (χ0n) is 15.6. The molecule has 0 spiro atoms. The lowest BCUT2D eigenvalue weighted by atomic mass is 9.98. The van der Waals surface area contributed by atoms with Gasteiger partial charge in [0.05, 0.1) is 17.3 Å². The number of hydrogen-bond acceptors (Lipinski definition) is 5. The Labute approximate surface area is 163 Å². The summed E-state index contributed by atoms with van der Waals surface area (Å²) in [6.07, 6.45) is 7.46. The van der Waals surface area contributed by atoms with Crippen LogP contribution in [-0.2, 0) is 29.4 Å². The fourth-order valence-electron chi connectivity index (χ4n) is 3.84. The zero-order valence-corrected chi connectivity index (χ0v) is 16.4. The van der Waals surface area contributed by atoms with Crippen molar-refractivity contribution < 1.29 is 13.2 Å². The van der Waals surface area contributed by atoms with Gasteiger partial charge in [0, 0.05) is 37.1 Å². The van der Waals surface area contributed by atoms with Crippen LogP contribution in [0.25, 0.3) is 10.9 Å². The molecule has 3 heterocycles. The molecule has 1 aliphatic heterocycles. The summed E-state index contributed by atoms with van der Waals surface area (Å²) in [5.41, 5.74) is 9.77. The maximum Gasteiger partial charge on any atom is 0.264 e. The number of rotatable bonds is 4. The fourth-order valence-corrected chi connectivity index (χ4v) is 4.63. The first-order valence-electron chi connectivity index (χ1n) is 9.14. The van der Waals surface area contributed by atoms with E-state index in [0.29, 0.717) is 31.5 Å². The van der Waals surface area contributed by atoms with Crippen molar-refractivity contribution in [3.8, 4) is 0 Å². The van der Waals surface area contributed by atoms with Gasteiger partial charge in [-0.1, -0.05) is 18.2 Å². The van der Waals surface area contributed by atoms with Gasteiger partial charge in [-0.3, -0.25) is 14.3 Å². The third-order valence-electron chi connectivity index (χ3n) is 5.23. The number of para-hydroxylation sites is 1. The third-order valence-corrected chi connectivity index (χ3v) is 6.48. The van der Waals surface area contributed by atoms with Crippen molar-refractivity contribution in [2.75, 3.05) is 19.3 Å². The van der Waals surface area contributed by atoms with Crippen molar-refractivity contribution in [3.63, 3.8) is 0 Å². The van der Waals surface area contributed by atoms with Gasteiger partial charge in [0.25, 0.3) is 5.91 Å². The minimum atomic E-state index is -3.28. The molecule has 0 saturated heterocycles. The smallest absolute Gasteiger partial charge is 0.264 e. The van der Waals surface area contributed by atoms with E-state index in [4.69, 9.17) is 5.73 Å². The lowest BCUT2D eigenvalue weighted by molar-refractivity contribution is 0.0963. The maximum absolute atomic E-state index is 13.4. The van der Waals surface area contributed by atoms with Gasteiger partial charge in [0.1, 0.15) is 0 Å². The third kappa shape index (κ3) is 3.23. The highest BCUT2D eigenvalue weighted by molar-refractivity contribution is 7.88.